The van der Waals surface area contributed by atoms with E-state index in [1.54, 1.807) is 25.2 Å². The van der Waals surface area contributed by atoms with Crippen molar-refractivity contribution in [1.82, 2.24) is 0 Å². The van der Waals surface area contributed by atoms with Gasteiger partial charge in [0.25, 0.3) is 0 Å². The van der Waals surface area contributed by atoms with E-state index < -0.39 is 95.8 Å². The Bertz CT molecular complexity index is 1650. The summed E-state index contributed by atoms with van der Waals surface area (Å²) in [4.78, 5) is 26.8. The van der Waals surface area contributed by atoms with Crippen molar-refractivity contribution in [3.05, 3.63) is 79.9 Å². The molecule has 13 nitrogen and oxygen atoms in total. The third-order valence-electron chi connectivity index (χ3n) is 9.77. The van der Waals surface area contributed by atoms with E-state index >= 15 is 0 Å². The van der Waals surface area contributed by atoms with Crippen LogP contribution in [0.3, 0.4) is 0 Å². The van der Waals surface area contributed by atoms with E-state index in [4.69, 9.17) is 46.9 Å². The van der Waals surface area contributed by atoms with Gasteiger partial charge in [-0.1, -0.05) is 66.1 Å². The first-order valence-corrected chi connectivity index (χ1v) is 18.8. The van der Waals surface area contributed by atoms with Gasteiger partial charge in [-0.25, -0.2) is 9.59 Å². The molecule has 2 heterocycles. The lowest BCUT2D eigenvalue weighted by Crippen LogP contribution is -2.59. The number of hydrogen-bond donors (Lipinski definition) is 6. The van der Waals surface area contributed by atoms with Crippen molar-refractivity contribution in [2.24, 2.45) is 5.92 Å². The van der Waals surface area contributed by atoms with Crippen molar-refractivity contribution in [2.45, 2.75) is 123 Å². The van der Waals surface area contributed by atoms with E-state index in [0.29, 0.717) is 12.0 Å². The summed E-state index contributed by atoms with van der Waals surface area (Å²) in [7, 11) is 1.27. The Morgan fingerprint density at radius 3 is 2.31 bits per heavy atom. The van der Waals surface area contributed by atoms with Crippen LogP contribution in [-0.4, -0.2) is 111 Å². The van der Waals surface area contributed by atoms with Gasteiger partial charge >= 0.3 is 11.9 Å². The Labute approximate surface area is 332 Å². The van der Waals surface area contributed by atoms with Gasteiger partial charge < -0.3 is 54.3 Å². The van der Waals surface area contributed by atoms with Crippen LogP contribution in [-0.2, 0) is 28.5 Å². The van der Waals surface area contributed by atoms with Gasteiger partial charge in [0.2, 0.25) is 0 Å². The predicted molar refractivity (Wildman–Crippen MR) is 206 cm³/mol. The molecule has 0 aliphatic carbocycles. The fraction of sp³-hybridized carbons (Fsp3) is 0.550. The monoisotopic (exact) mass is 812 g/mol. The molecule has 15 heteroatoms. The maximum absolute atomic E-state index is 13.6. The van der Waals surface area contributed by atoms with Crippen LogP contribution >= 0.6 is 23.2 Å². The Balaban J connectivity index is 1.88. The smallest absolute Gasteiger partial charge is 0.342 e. The Morgan fingerprint density at radius 2 is 1.69 bits per heavy atom. The first kappa shape index (κ1) is 46.1. The van der Waals surface area contributed by atoms with E-state index in [2.05, 4.69) is 0 Å². The summed E-state index contributed by atoms with van der Waals surface area (Å²) in [6.45, 7) is 11.4. The lowest BCUT2D eigenvalue weighted by molar-refractivity contribution is -0.295. The standard InChI is InChI=1S/C40H54Cl2O13/c1-9-25-17-20(3)27(44)13-11-10-12-26(38(49)54-28(23(6)43)15-14-19(2)16-21(4)32(25)45)18-52-40-37(51-8)35(48)36(24(7)53-40)55-39(50)29-22(5)30(41)34(47)31(42)33(29)46/h10-12,14,16-17,23-25,27-28,32,35-37,40,43-48H,9,13,15,18H2,1-8H3. The van der Waals surface area contributed by atoms with Gasteiger partial charge in [-0.2, -0.15) is 0 Å². The van der Waals surface area contributed by atoms with Crippen LogP contribution in [0.2, 0.25) is 10.0 Å². The second-order valence-electron chi connectivity index (χ2n) is 14.0. The number of carbonyl (C=O) groups excluding carboxylic acids is 2. The molecule has 10 unspecified atom stereocenters. The number of aromatic hydroxyl groups is 2. The molecule has 1 aromatic carbocycles. The van der Waals surface area contributed by atoms with Crippen LogP contribution in [0.4, 0.5) is 0 Å². The number of methoxy groups -OCH3 is 1. The average molecular weight is 814 g/mol. The maximum Gasteiger partial charge on any atom is 0.342 e. The number of ether oxygens (including phenoxy) is 5. The molecular formula is C40H54Cl2O13. The molecule has 0 amide bonds. The van der Waals surface area contributed by atoms with Gasteiger partial charge in [-0.05, 0) is 77.2 Å². The van der Waals surface area contributed by atoms with E-state index in [9.17, 15) is 40.2 Å². The molecule has 2 aliphatic heterocycles. The zero-order valence-electron chi connectivity index (χ0n) is 32.4. The second-order valence-corrected chi connectivity index (χ2v) is 14.7. The molecule has 3 rings (SSSR count). The molecule has 6 N–H and O–H groups in total. The third kappa shape index (κ3) is 11.7. The van der Waals surface area contributed by atoms with Crippen LogP contribution in [0.15, 0.2) is 58.7 Å². The van der Waals surface area contributed by atoms with Crippen molar-refractivity contribution in [2.75, 3.05) is 13.7 Å². The fourth-order valence-corrected chi connectivity index (χ4v) is 6.69. The zero-order valence-corrected chi connectivity index (χ0v) is 33.9. The maximum atomic E-state index is 13.6. The summed E-state index contributed by atoms with van der Waals surface area (Å²) < 4.78 is 28.7. The summed E-state index contributed by atoms with van der Waals surface area (Å²) >= 11 is 12.0. The number of esters is 2. The van der Waals surface area contributed by atoms with E-state index in [1.165, 1.54) is 34.0 Å². The van der Waals surface area contributed by atoms with Crippen LogP contribution in [0.5, 0.6) is 11.5 Å². The molecule has 306 valence electrons. The van der Waals surface area contributed by atoms with Crippen LogP contribution in [0.25, 0.3) is 0 Å². The van der Waals surface area contributed by atoms with Gasteiger partial charge in [0.1, 0.15) is 28.9 Å². The summed E-state index contributed by atoms with van der Waals surface area (Å²) in [5.74, 6) is -3.51. The summed E-state index contributed by atoms with van der Waals surface area (Å²) in [6.07, 6.45) is 1.14. The molecule has 1 saturated heterocycles. The number of halogens is 2. The van der Waals surface area contributed by atoms with Gasteiger partial charge in [0.05, 0.1) is 41.6 Å². The Kier molecular flexibility index (Phi) is 17.4. The fourth-order valence-electron chi connectivity index (χ4n) is 6.26. The summed E-state index contributed by atoms with van der Waals surface area (Å²) in [5.41, 5.74) is 1.78. The molecule has 1 aromatic rings. The lowest BCUT2D eigenvalue weighted by Gasteiger charge is -2.42. The number of cyclic esters (lactones) is 1. The number of aliphatic hydroxyl groups excluding tert-OH is 4. The van der Waals surface area contributed by atoms with Gasteiger partial charge in [0.15, 0.2) is 23.9 Å². The lowest BCUT2D eigenvalue weighted by atomic mass is 9.90. The number of hydrogen-bond acceptors (Lipinski definition) is 13. The molecule has 0 spiro atoms. The molecule has 1 fully saturated rings. The molecular weight excluding hydrogens is 759 g/mol. The van der Waals surface area contributed by atoms with Crippen molar-refractivity contribution in [3.63, 3.8) is 0 Å². The molecule has 55 heavy (non-hydrogen) atoms. The number of allylic oxidation sites excluding steroid dienone is 4. The largest absolute Gasteiger partial charge is 0.505 e. The zero-order chi connectivity index (χ0) is 41.3. The highest BCUT2D eigenvalue weighted by Crippen LogP contribution is 2.44. The highest BCUT2D eigenvalue weighted by molar-refractivity contribution is 6.39. The Morgan fingerprint density at radius 1 is 1.02 bits per heavy atom. The van der Waals surface area contributed by atoms with Crippen LogP contribution < -0.4 is 0 Å². The summed E-state index contributed by atoms with van der Waals surface area (Å²) in [5, 5.41) is 63.4. The van der Waals surface area contributed by atoms with Crippen molar-refractivity contribution in [3.8, 4) is 11.5 Å². The highest BCUT2D eigenvalue weighted by atomic mass is 35.5. The number of phenolic OH excluding ortho intramolecular Hbond substituents is 2. The molecule has 2 aliphatic rings. The molecule has 0 radical (unpaired) electrons. The first-order valence-electron chi connectivity index (χ1n) is 18.1. The van der Waals surface area contributed by atoms with Crippen molar-refractivity contribution in [1.29, 1.82) is 0 Å². The SMILES string of the molecule is CCC1C=C(C)C(O)CC=CC=C(COC2OC(C)C(OC(=O)c3c(C)c(Cl)c(O)c(Cl)c3O)C(O)C2OC)C(=O)OC(C(C)O)CC=C(C)C=C(C)C1O. The van der Waals surface area contributed by atoms with Crippen LogP contribution in [0.1, 0.15) is 76.7 Å². The first-order chi connectivity index (χ1) is 25.8. The minimum absolute atomic E-state index is 0.00846. The summed E-state index contributed by atoms with van der Waals surface area (Å²) in [6, 6.07) is 0. The second kappa shape index (κ2) is 20.8. The predicted octanol–water partition coefficient (Wildman–Crippen LogP) is 5.53. The Hall–Kier alpha value is -3.24. The topological polar surface area (TPSA) is 202 Å². The minimum atomic E-state index is -1.53. The number of aliphatic hydroxyl groups is 4. The van der Waals surface area contributed by atoms with Gasteiger partial charge in [-0.15, -0.1) is 0 Å². The van der Waals surface area contributed by atoms with E-state index in [0.717, 1.165) is 11.1 Å². The molecule has 10 atom stereocenters. The number of phenols is 2. The van der Waals surface area contributed by atoms with Gasteiger partial charge in [0, 0.05) is 19.4 Å². The minimum Gasteiger partial charge on any atom is -0.505 e. The van der Waals surface area contributed by atoms with E-state index in [1.807, 2.05) is 32.9 Å². The van der Waals surface area contributed by atoms with Crippen molar-refractivity contribution < 1.29 is 63.9 Å². The molecule has 0 bridgehead atoms. The number of benzene rings is 1. The quantitative estimate of drug-likeness (QED) is 0.142. The molecule has 0 aromatic heterocycles. The van der Waals surface area contributed by atoms with Gasteiger partial charge in [-0.3, -0.25) is 0 Å². The third-order valence-corrected chi connectivity index (χ3v) is 10.6. The van der Waals surface area contributed by atoms with E-state index in [-0.39, 0.29) is 34.9 Å². The molecule has 0 saturated carbocycles. The average Bonchev–Trinajstić information content (AvgIpc) is 3.13. The normalized spacial score (nSPS) is 29.5. The number of rotatable bonds is 8. The number of carbonyl (C=O) groups is 2. The van der Waals surface area contributed by atoms with Crippen molar-refractivity contribution >= 4 is 35.1 Å². The van der Waals surface area contributed by atoms with Crippen LogP contribution in [0, 0.1) is 12.8 Å². The highest BCUT2D eigenvalue weighted by Gasteiger charge is 2.47.